The number of hydrogen-bond acceptors (Lipinski definition) is 2. The molecule has 13 heavy (non-hydrogen) atoms. The van der Waals surface area contributed by atoms with E-state index < -0.39 is 11.1 Å². The molecular weight excluding hydrogens is 186 g/mol. The second-order valence-electron chi connectivity index (χ2n) is 2.78. The molecule has 0 fully saturated rings. The van der Waals surface area contributed by atoms with Gasteiger partial charge < -0.3 is 9.45 Å². The van der Waals surface area contributed by atoms with Gasteiger partial charge in [-0.25, -0.2) is 4.21 Å². The molecule has 0 aliphatic heterocycles. The Kier molecular flexibility index (Phi) is 3.92. The maximum Gasteiger partial charge on any atom is 0.154 e. The molecule has 72 valence electrons. The van der Waals surface area contributed by atoms with E-state index in [1.165, 1.54) is 0 Å². The molecule has 0 saturated carbocycles. The van der Waals surface area contributed by atoms with Crippen molar-refractivity contribution in [3.8, 4) is 0 Å². The van der Waals surface area contributed by atoms with Crippen LogP contribution in [-0.2, 0) is 11.1 Å². The van der Waals surface area contributed by atoms with Gasteiger partial charge in [-0.1, -0.05) is 18.2 Å². The molecule has 0 spiro atoms. The smallest absolute Gasteiger partial charge is 0.154 e. The fourth-order valence-electron chi connectivity index (χ4n) is 1.03. The molecule has 1 aromatic carbocycles. The highest BCUT2D eigenvalue weighted by atomic mass is 32.2. The van der Waals surface area contributed by atoms with Crippen molar-refractivity contribution in [2.24, 2.45) is 0 Å². The second-order valence-corrected chi connectivity index (χ2v) is 3.83. The lowest BCUT2D eigenvalue weighted by atomic mass is 10.3. The van der Waals surface area contributed by atoms with E-state index in [2.05, 4.69) is 0 Å². The number of hydrogen-bond donors (Lipinski definition) is 1. The maximum absolute atomic E-state index is 10.4. The van der Waals surface area contributed by atoms with E-state index in [0.29, 0.717) is 6.54 Å². The minimum atomic E-state index is -1.70. The van der Waals surface area contributed by atoms with E-state index >= 15 is 0 Å². The normalized spacial score (nSPS) is 12.5. The van der Waals surface area contributed by atoms with Crippen LogP contribution in [0.15, 0.2) is 30.3 Å². The highest BCUT2D eigenvalue weighted by Crippen LogP contribution is 2.09. The van der Waals surface area contributed by atoms with Gasteiger partial charge >= 0.3 is 0 Å². The van der Waals surface area contributed by atoms with Gasteiger partial charge in [-0.15, -0.1) is 0 Å². The summed E-state index contributed by atoms with van der Waals surface area (Å²) in [5, 5.41) is 0. The van der Waals surface area contributed by atoms with Crippen LogP contribution in [0.2, 0.25) is 0 Å². The minimum absolute atomic E-state index is 0.283. The zero-order valence-electron chi connectivity index (χ0n) is 7.51. The number of rotatable bonds is 4. The van der Waals surface area contributed by atoms with Gasteiger partial charge in [-0.2, -0.15) is 0 Å². The molecule has 1 unspecified atom stereocenters. The molecular formula is C9H13NO2S. The summed E-state index contributed by atoms with van der Waals surface area (Å²) in [6.07, 6.45) is 0. The largest absolute Gasteiger partial charge is 0.374 e. The number of nitrogens with zero attached hydrogens (tertiary/aromatic N) is 1. The standard InChI is InChI=1S/C9H13NO2S/c1-10(7-8-13(11)12)9-5-3-2-4-6-9/h2-6H,7-8H2,1H3,(H,11,12). The lowest BCUT2D eigenvalue weighted by Crippen LogP contribution is -2.22. The first-order valence-electron chi connectivity index (χ1n) is 4.04. The molecule has 1 rings (SSSR count). The highest BCUT2D eigenvalue weighted by molar-refractivity contribution is 7.79. The molecule has 1 aromatic rings. The van der Waals surface area contributed by atoms with Crippen LogP contribution in [0.1, 0.15) is 0 Å². The van der Waals surface area contributed by atoms with Crippen LogP contribution in [0.3, 0.4) is 0 Å². The van der Waals surface area contributed by atoms with Crippen molar-refractivity contribution in [1.82, 2.24) is 0 Å². The van der Waals surface area contributed by atoms with E-state index in [1.807, 2.05) is 42.3 Å². The number of benzene rings is 1. The first-order chi connectivity index (χ1) is 6.20. The van der Waals surface area contributed by atoms with Crippen molar-refractivity contribution >= 4 is 16.8 Å². The average Bonchev–Trinajstić information content (AvgIpc) is 2.15. The van der Waals surface area contributed by atoms with E-state index in [1.54, 1.807) is 0 Å². The third-order valence-corrected chi connectivity index (χ3v) is 2.33. The van der Waals surface area contributed by atoms with Crippen LogP contribution in [0.5, 0.6) is 0 Å². The summed E-state index contributed by atoms with van der Waals surface area (Å²) in [5.74, 6) is 0.283. The molecule has 0 aliphatic carbocycles. The van der Waals surface area contributed by atoms with Crippen molar-refractivity contribution in [2.75, 3.05) is 24.2 Å². The van der Waals surface area contributed by atoms with Gasteiger partial charge in [0.25, 0.3) is 0 Å². The summed E-state index contributed by atoms with van der Waals surface area (Å²) in [6.45, 7) is 0.590. The van der Waals surface area contributed by atoms with Crippen LogP contribution >= 0.6 is 0 Å². The maximum atomic E-state index is 10.4. The highest BCUT2D eigenvalue weighted by Gasteiger charge is 2.00. The Morgan fingerprint density at radius 3 is 2.54 bits per heavy atom. The molecule has 1 N–H and O–H groups in total. The third kappa shape index (κ3) is 3.57. The molecule has 0 radical (unpaired) electrons. The Hall–Kier alpha value is -0.870. The predicted octanol–water partition coefficient (Wildman–Crippen LogP) is 1.34. The molecule has 0 aromatic heterocycles. The van der Waals surface area contributed by atoms with Gasteiger partial charge in [0.2, 0.25) is 0 Å². The number of anilines is 1. The first kappa shape index (κ1) is 10.2. The zero-order valence-corrected chi connectivity index (χ0v) is 8.33. The lowest BCUT2D eigenvalue weighted by Gasteiger charge is -2.17. The summed E-state index contributed by atoms with van der Waals surface area (Å²) < 4.78 is 19.0. The van der Waals surface area contributed by atoms with Crippen LogP contribution in [0, 0.1) is 0 Å². The summed E-state index contributed by atoms with van der Waals surface area (Å²) in [5.41, 5.74) is 1.06. The Morgan fingerprint density at radius 1 is 1.38 bits per heavy atom. The second kappa shape index (κ2) is 4.99. The Bertz CT molecular complexity index is 276. The van der Waals surface area contributed by atoms with Gasteiger partial charge in [0.1, 0.15) is 0 Å². The van der Waals surface area contributed by atoms with E-state index in [-0.39, 0.29) is 5.75 Å². The first-order valence-corrected chi connectivity index (χ1v) is 5.31. The molecule has 0 aliphatic rings. The van der Waals surface area contributed by atoms with Gasteiger partial charge in [0.05, 0.1) is 5.75 Å². The predicted molar refractivity (Wildman–Crippen MR) is 55.4 cm³/mol. The molecule has 3 nitrogen and oxygen atoms in total. The zero-order chi connectivity index (χ0) is 9.68. The fraction of sp³-hybridized carbons (Fsp3) is 0.333. The van der Waals surface area contributed by atoms with E-state index in [9.17, 15) is 4.21 Å². The van der Waals surface area contributed by atoms with Gasteiger partial charge in [-0.05, 0) is 12.1 Å². The number of para-hydroxylation sites is 1. The van der Waals surface area contributed by atoms with Crippen molar-refractivity contribution in [3.63, 3.8) is 0 Å². The molecule has 0 amide bonds. The van der Waals surface area contributed by atoms with Crippen LogP contribution in [-0.4, -0.2) is 28.1 Å². The minimum Gasteiger partial charge on any atom is -0.374 e. The third-order valence-electron chi connectivity index (χ3n) is 1.80. The molecule has 0 saturated heterocycles. The van der Waals surface area contributed by atoms with Crippen molar-refractivity contribution in [1.29, 1.82) is 0 Å². The van der Waals surface area contributed by atoms with Crippen LogP contribution in [0.4, 0.5) is 5.69 Å². The summed E-state index contributed by atoms with van der Waals surface area (Å²) in [6, 6.07) is 9.78. The average molecular weight is 199 g/mol. The Morgan fingerprint density at radius 2 is 2.00 bits per heavy atom. The monoisotopic (exact) mass is 199 g/mol. The Labute approximate surface area is 80.7 Å². The molecule has 0 bridgehead atoms. The summed E-state index contributed by atoms with van der Waals surface area (Å²) in [7, 11) is 1.90. The van der Waals surface area contributed by atoms with Crippen LogP contribution in [0.25, 0.3) is 0 Å². The van der Waals surface area contributed by atoms with Gasteiger partial charge in [0, 0.05) is 19.3 Å². The van der Waals surface area contributed by atoms with E-state index in [4.69, 9.17) is 4.55 Å². The van der Waals surface area contributed by atoms with Gasteiger partial charge in [0.15, 0.2) is 11.1 Å². The van der Waals surface area contributed by atoms with Crippen molar-refractivity contribution in [2.45, 2.75) is 0 Å². The fourth-order valence-corrected chi connectivity index (χ4v) is 1.46. The molecule has 4 heteroatoms. The Balaban J connectivity index is 2.49. The van der Waals surface area contributed by atoms with Crippen molar-refractivity contribution in [3.05, 3.63) is 30.3 Å². The topological polar surface area (TPSA) is 40.5 Å². The quantitative estimate of drug-likeness (QED) is 0.744. The van der Waals surface area contributed by atoms with Crippen LogP contribution < -0.4 is 4.90 Å². The summed E-state index contributed by atoms with van der Waals surface area (Å²) in [4.78, 5) is 1.95. The van der Waals surface area contributed by atoms with E-state index in [0.717, 1.165) is 5.69 Å². The van der Waals surface area contributed by atoms with Gasteiger partial charge in [-0.3, -0.25) is 0 Å². The molecule has 0 heterocycles. The van der Waals surface area contributed by atoms with Crippen molar-refractivity contribution < 1.29 is 8.76 Å². The summed E-state index contributed by atoms with van der Waals surface area (Å²) >= 11 is -1.70. The lowest BCUT2D eigenvalue weighted by molar-refractivity contribution is 0.563. The SMILES string of the molecule is CN(CCS(=O)O)c1ccccc1. The molecule has 1 atom stereocenters.